The van der Waals surface area contributed by atoms with E-state index in [1.807, 2.05) is 38.1 Å². The van der Waals surface area contributed by atoms with Crippen LogP contribution in [0, 0.1) is 25.7 Å². The predicted molar refractivity (Wildman–Crippen MR) is 130 cm³/mol. The molecule has 4 aliphatic heterocycles. The summed E-state index contributed by atoms with van der Waals surface area (Å²) in [6.45, 7) is 6.84. The first-order chi connectivity index (χ1) is 16.8. The fourth-order valence-electron chi connectivity index (χ4n) is 7.22. The van der Waals surface area contributed by atoms with E-state index in [1.165, 1.54) is 23.3 Å². The third-order valence-electron chi connectivity index (χ3n) is 8.64. The summed E-state index contributed by atoms with van der Waals surface area (Å²) in [5.41, 5.74) is 1.52. The van der Waals surface area contributed by atoms with Crippen molar-refractivity contribution in [3.05, 3.63) is 45.8 Å². The molecular weight excluding hydrogens is 466 g/mol. The third kappa shape index (κ3) is 2.50. The number of hydrogen-bond donors (Lipinski definition) is 1. The molecule has 2 aromatic rings. The van der Waals surface area contributed by atoms with Crippen LogP contribution < -0.4 is 14.7 Å². The van der Waals surface area contributed by atoms with Gasteiger partial charge in [0.2, 0.25) is 17.4 Å². The van der Waals surface area contributed by atoms with Gasteiger partial charge in [0.25, 0.3) is 5.91 Å². The quantitative estimate of drug-likeness (QED) is 0.517. The van der Waals surface area contributed by atoms with Crippen molar-refractivity contribution in [2.45, 2.75) is 45.2 Å². The molecule has 5 atom stereocenters. The summed E-state index contributed by atoms with van der Waals surface area (Å²) in [6.07, 6.45) is 1.69. The summed E-state index contributed by atoms with van der Waals surface area (Å²) < 4.78 is 5.00. The number of nitrogens with zero attached hydrogens (tertiary/aromatic N) is 2. The Morgan fingerprint density at radius 2 is 1.94 bits per heavy atom. The van der Waals surface area contributed by atoms with E-state index in [0.29, 0.717) is 17.1 Å². The zero-order valence-electron chi connectivity index (χ0n) is 20.2. The number of esters is 1. The average molecular weight is 495 g/mol. The number of benzene rings is 1. The molecule has 1 spiro atoms. The lowest BCUT2D eigenvalue weighted by atomic mass is 9.75. The number of fused-ring (bicyclic) bond motifs is 7. The number of methoxy groups -OCH3 is 1. The largest absolute Gasteiger partial charge is 0.465 e. The highest BCUT2D eigenvalue weighted by atomic mass is 32.1. The topological polar surface area (TPSA) is 88.4 Å². The lowest BCUT2D eigenvalue weighted by Gasteiger charge is -2.34. The number of para-hydroxylation sites is 1. The smallest absolute Gasteiger partial charge is 0.341 e. The number of carbonyl (C=O) groups excluding carboxylic acids is 4. The minimum atomic E-state index is -1.12. The highest BCUT2D eigenvalue weighted by molar-refractivity contribution is 7.17. The molecule has 0 saturated carbocycles. The predicted octanol–water partition coefficient (Wildman–Crippen LogP) is 1.58. The Morgan fingerprint density at radius 1 is 1.20 bits per heavy atom. The van der Waals surface area contributed by atoms with Crippen LogP contribution in [-0.2, 0) is 24.7 Å². The molecule has 0 bridgehead atoms. The van der Waals surface area contributed by atoms with Gasteiger partial charge in [-0.15, -0.1) is 11.3 Å². The van der Waals surface area contributed by atoms with Crippen molar-refractivity contribution in [3.63, 3.8) is 0 Å². The molecule has 5 heterocycles. The van der Waals surface area contributed by atoms with E-state index < -0.39 is 23.3 Å². The molecule has 3 fully saturated rings. The lowest BCUT2D eigenvalue weighted by molar-refractivity contribution is -0.948. The Balaban J connectivity index is 1.57. The number of ether oxygens (including phenoxy) is 1. The average Bonchev–Trinajstić information content (AvgIpc) is 3.60. The molecule has 6 rings (SSSR count). The molecule has 4 aliphatic rings. The molecule has 1 unspecified atom stereocenters. The van der Waals surface area contributed by atoms with Crippen molar-refractivity contribution in [2.24, 2.45) is 11.8 Å². The van der Waals surface area contributed by atoms with Crippen molar-refractivity contribution in [3.8, 4) is 0 Å². The maximum atomic E-state index is 14.3. The van der Waals surface area contributed by atoms with Gasteiger partial charge >= 0.3 is 5.97 Å². The molecule has 35 heavy (non-hydrogen) atoms. The lowest BCUT2D eigenvalue weighted by Crippen LogP contribution is -3.20. The summed E-state index contributed by atoms with van der Waals surface area (Å²) >= 11 is 1.26. The van der Waals surface area contributed by atoms with Crippen molar-refractivity contribution < 1.29 is 28.8 Å². The van der Waals surface area contributed by atoms with Crippen LogP contribution in [0.2, 0.25) is 0 Å². The second kappa shape index (κ2) is 7.48. The first-order valence-electron chi connectivity index (χ1n) is 12.1. The Labute approximate surface area is 207 Å². The number of quaternary nitrogens is 1. The number of nitrogens with one attached hydrogen (secondary N) is 1. The summed E-state index contributed by atoms with van der Waals surface area (Å²) in [4.78, 5) is 60.1. The van der Waals surface area contributed by atoms with Crippen LogP contribution in [0.4, 0.5) is 10.7 Å². The SMILES string of the molecule is CCN1C(=O)[C@]2(c3ccccc31)[C@@H]1C(=O)N(c3sc(C)c(C)c3C(=O)OC)C(=O)[C@@H]1[C@@H]1CCC[NH+]12. The van der Waals surface area contributed by atoms with Crippen LogP contribution in [0.15, 0.2) is 24.3 Å². The number of thiophene rings is 1. The summed E-state index contributed by atoms with van der Waals surface area (Å²) in [7, 11) is 1.29. The number of aryl methyl sites for hydroxylation is 1. The van der Waals surface area contributed by atoms with E-state index in [-0.39, 0.29) is 29.3 Å². The van der Waals surface area contributed by atoms with Gasteiger partial charge in [0.15, 0.2) is 0 Å². The Hall–Kier alpha value is -3.04. The van der Waals surface area contributed by atoms with Gasteiger partial charge in [-0.1, -0.05) is 18.2 Å². The van der Waals surface area contributed by atoms with E-state index in [9.17, 15) is 19.2 Å². The normalized spacial score (nSPS) is 30.9. The highest BCUT2D eigenvalue weighted by Gasteiger charge is 2.79. The number of amides is 3. The van der Waals surface area contributed by atoms with Gasteiger partial charge in [0.05, 0.1) is 24.9 Å². The molecule has 0 aliphatic carbocycles. The number of likely N-dealkylation sites (N-methyl/N-ethyl adjacent to an activating group) is 1. The molecule has 9 heteroatoms. The molecule has 3 amide bonds. The number of carbonyl (C=O) groups is 4. The van der Waals surface area contributed by atoms with Gasteiger partial charge in [-0.3, -0.25) is 14.4 Å². The Bertz CT molecular complexity index is 1320. The fourth-order valence-corrected chi connectivity index (χ4v) is 8.38. The van der Waals surface area contributed by atoms with Crippen molar-refractivity contribution >= 4 is 45.7 Å². The van der Waals surface area contributed by atoms with Gasteiger partial charge in [-0.2, -0.15) is 0 Å². The maximum Gasteiger partial charge on any atom is 0.341 e. The third-order valence-corrected chi connectivity index (χ3v) is 9.84. The Morgan fingerprint density at radius 3 is 2.66 bits per heavy atom. The van der Waals surface area contributed by atoms with Crippen LogP contribution in [0.25, 0.3) is 0 Å². The second-order valence-electron chi connectivity index (χ2n) is 9.87. The van der Waals surface area contributed by atoms with Crippen LogP contribution in [-0.4, -0.2) is 49.9 Å². The van der Waals surface area contributed by atoms with E-state index in [2.05, 4.69) is 0 Å². The zero-order chi connectivity index (χ0) is 24.8. The molecule has 8 nitrogen and oxygen atoms in total. The number of anilines is 2. The van der Waals surface area contributed by atoms with Crippen LogP contribution >= 0.6 is 11.3 Å². The van der Waals surface area contributed by atoms with E-state index in [1.54, 1.807) is 11.8 Å². The standard InChI is InChI=1S/C26H27N3O5S/c1-5-27-16-10-7-6-9-15(16)26(25(27)33)20-19(17-11-8-12-28(17)26)21(30)29(22(20)31)23-18(24(32)34-4)13(2)14(3)35-23/h6-7,9-10,17,19-20H,5,8,11-12H2,1-4H3/p+1/t17-,19+,20-,26-/m0/s1. The summed E-state index contributed by atoms with van der Waals surface area (Å²) in [5.74, 6) is -2.73. The molecule has 3 saturated heterocycles. The van der Waals surface area contributed by atoms with Crippen molar-refractivity contribution in [1.29, 1.82) is 0 Å². The number of imide groups is 1. The minimum Gasteiger partial charge on any atom is -0.465 e. The summed E-state index contributed by atoms with van der Waals surface area (Å²) in [6, 6.07) is 7.59. The molecule has 182 valence electrons. The summed E-state index contributed by atoms with van der Waals surface area (Å²) in [5, 5.41) is 0.317. The van der Waals surface area contributed by atoms with Crippen LogP contribution in [0.3, 0.4) is 0 Å². The van der Waals surface area contributed by atoms with Crippen LogP contribution in [0.5, 0.6) is 0 Å². The van der Waals surface area contributed by atoms with Gasteiger partial charge in [-0.05, 0) is 32.4 Å². The molecule has 1 aromatic carbocycles. The van der Waals surface area contributed by atoms with Gasteiger partial charge in [0.1, 0.15) is 22.9 Å². The molecule has 1 N–H and O–H groups in total. The van der Waals surface area contributed by atoms with Crippen molar-refractivity contribution in [1.82, 2.24) is 0 Å². The Kier molecular flexibility index (Phi) is 4.79. The second-order valence-corrected chi connectivity index (χ2v) is 11.1. The maximum absolute atomic E-state index is 14.3. The van der Waals surface area contributed by atoms with E-state index in [4.69, 9.17) is 4.74 Å². The minimum absolute atomic E-state index is 0.0923. The van der Waals surface area contributed by atoms with Crippen molar-refractivity contribution in [2.75, 3.05) is 30.0 Å². The fraction of sp³-hybridized carbons (Fsp3) is 0.462. The highest BCUT2D eigenvalue weighted by Crippen LogP contribution is 2.54. The van der Waals surface area contributed by atoms with Gasteiger partial charge in [0, 0.05) is 29.8 Å². The first kappa shape index (κ1) is 22.4. The van der Waals surface area contributed by atoms with Crippen LogP contribution in [0.1, 0.15) is 46.1 Å². The molecular formula is C26H28N3O5S+. The molecule has 1 aromatic heterocycles. The number of hydrogen-bond acceptors (Lipinski definition) is 6. The van der Waals surface area contributed by atoms with Gasteiger partial charge in [-0.25, -0.2) is 9.69 Å². The molecule has 0 radical (unpaired) electrons. The van der Waals surface area contributed by atoms with E-state index >= 15 is 0 Å². The monoisotopic (exact) mass is 494 g/mol. The van der Waals surface area contributed by atoms with E-state index in [0.717, 1.165) is 40.4 Å². The van der Waals surface area contributed by atoms with Gasteiger partial charge < -0.3 is 14.5 Å². The number of rotatable bonds is 3. The first-order valence-corrected chi connectivity index (χ1v) is 13.0. The zero-order valence-corrected chi connectivity index (χ0v) is 21.0.